The van der Waals surface area contributed by atoms with Crippen molar-refractivity contribution >= 4 is 15.9 Å². The lowest BCUT2D eigenvalue weighted by Gasteiger charge is -2.22. The summed E-state index contributed by atoms with van der Waals surface area (Å²) in [4.78, 5) is 10.7. The molecule has 1 heterocycles. The van der Waals surface area contributed by atoms with Gasteiger partial charge in [-0.1, -0.05) is 0 Å². The molecule has 0 spiro atoms. The summed E-state index contributed by atoms with van der Waals surface area (Å²) in [6, 6.07) is 0. The Hall–Kier alpha value is -0.460. The molecule has 1 saturated heterocycles. The number of hydrogen-bond donors (Lipinski definition) is 0. The minimum atomic E-state index is -3.43. The molecule has 1 rings (SSSR count). The third-order valence-corrected chi connectivity index (χ3v) is 2.00. The minimum absolute atomic E-state index is 0.156. The van der Waals surface area contributed by atoms with Crippen molar-refractivity contribution in [2.75, 3.05) is 19.3 Å². The summed E-state index contributed by atoms with van der Waals surface area (Å²) in [6.07, 6.45) is 1.73. The fourth-order valence-electron chi connectivity index (χ4n) is 1.00. The van der Waals surface area contributed by atoms with E-state index in [9.17, 15) is 13.2 Å². The molecule has 0 aromatic carbocycles. The van der Waals surface area contributed by atoms with Gasteiger partial charge in [0, 0.05) is 25.9 Å². The number of carbonyl (C=O) groups is 1. The summed E-state index contributed by atoms with van der Waals surface area (Å²) in [6.45, 7) is 0.734. The number of nitrogens with zero attached hydrogens (tertiary/aromatic N) is 1. The molecule has 0 aromatic heterocycles. The van der Waals surface area contributed by atoms with Crippen LogP contribution in [0.25, 0.3) is 0 Å². The second-order valence-corrected chi connectivity index (χ2v) is 4.30. The van der Waals surface area contributed by atoms with Gasteiger partial charge in [0.1, 0.15) is 5.78 Å². The van der Waals surface area contributed by atoms with Crippen molar-refractivity contribution in [3.63, 3.8) is 0 Å². The van der Waals surface area contributed by atoms with Gasteiger partial charge >= 0.3 is 0 Å². The molecule has 0 atom stereocenters. The second-order valence-electron chi connectivity index (χ2n) is 2.75. The Bertz CT molecular complexity index is 261. The highest BCUT2D eigenvalue weighted by Gasteiger charge is 2.19. The number of carbonyl (C=O) groups excluding carboxylic acids is 1. The summed E-state index contributed by atoms with van der Waals surface area (Å²) < 4.78 is 25.8. The molecule has 0 N–H and O–H groups in total. The lowest BCUT2D eigenvalue weighted by atomic mass is 10.1. The third-order valence-electron chi connectivity index (χ3n) is 1.52. The van der Waals surface area contributed by atoms with E-state index >= 15 is 0 Å². The second kappa shape index (κ2) is 3.51. The molecular formula is C6H11NO4S. The molecule has 12 heavy (non-hydrogen) atoms. The van der Waals surface area contributed by atoms with Crippen LogP contribution in [0.3, 0.4) is 0 Å². The van der Waals surface area contributed by atoms with Gasteiger partial charge in [-0.2, -0.15) is 17.8 Å². The van der Waals surface area contributed by atoms with Crippen molar-refractivity contribution in [3.8, 4) is 0 Å². The molecule has 0 saturated carbocycles. The van der Waals surface area contributed by atoms with Gasteiger partial charge in [-0.25, -0.2) is 0 Å². The van der Waals surface area contributed by atoms with Gasteiger partial charge in [-0.3, -0.25) is 4.79 Å². The molecular weight excluding hydrogens is 182 g/mol. The molecule has 0 bridgehead atoms. The molecule has 70 valence electrons. The van der Waals surface area contributed by atoms with E-state index in [0.29, 0.717) is 25.9 Å². The first-order valence-corrected chi connectivity index (χ1v) is 5.45. The van der Waals surface area contributed by atoms with Crippen LogP contribution in [0.5, 0.6) is 0 Å². The maximum atomic E-state index is 10.7. The molecule has 0 aromatic rings. The Morgan fingerprint density at radius 2 is 1.83 bits per heavy atom. The van der Waals surface area contributed by atoms with Crippen LogP contribution in [0.1, 0.15) is 12.8 Å². The van der Waals surface area contributed by atoms with Crippen LogP contribution in [-0.4, -0.2) is 38.6 Å². The van der Waals surface area contributed by atoms with Crippen LogP contribution in [0.15, 0.2) is 0 Å². The van der Waals surface area contributed by atoms with Gasteiger partial charge in [-0.15, -0.1) is 0 Å². The smallest absolute Gasteiger partial charge is 0.280 e. The first kappa shape index (κ1) is 9.63. The van der Waals surface area contributed by atoms with Crippen LogP contribution in [-0.2, 0) is 19.2 Å². The number of ketones is 1. The van der Waals surface area contributed by atoms with E-state index < -0.39 is 10.1 Å². The first-order valence-electron chi connectivity index (χ1n) is 3.63. The predicted octanol–water partition coefficient (Wildman–Crippen LogP) is -0.457. The largest absolute Gasteiger partial charge is 0.300 e. The van der Waals surface area contributed by atoms with Crippen LogP contribution >= 0.6 is 0 Å². The Labute approximate surface area is 71.4 Å². The van der Waals surface area contributed by atoms with Crippen molar-refractivity contribution in [2.45, 2.75) is 12.8 Å². The molecule has 1 fully saturated rings. The number of piperidine rings is 1. The zero-order valence-corrected chi connectivity index (χ0v) is 7.63. The maximum Gasteiger partial charge on any atom is 0.280 e. The average molecular weight is 193 g/mol. The Morgan fingerprint density at radius 1 is 1.33 bits per heavy atom. The fraction of sp³-hybridized carbons (Fsp3) is 0.833. The van der Waals surface area contributed by atoms with E-state index in [2.05, 4.69) is 4.28 Å². The van der Waals surface area contributed by atoms with Gasteiger partial charge in [0.25, 0.3) is 10.1 Å². The van der Waals surface area contributed by atoms with E-state index in [1.54, 1.807) is 0 Å². The fourth-order valence-corrected chi connectivity index (χ4v) is 1.53. The zero-order valence-electron chi connectivity index (χ0n) is 6.82. The predicted molar refractivity (Wildman–Crippen MR) is 41.7 cm³/mol. The Morgan fingerprint density at radius 3 is 2.25 bits per heavy atom. The van der Waals surface area contributed by atoms with Crippen molar-refractivity contribution in [1.29, 1.82) is 0 Å². The van der Waals surface area contributed by atoms with Crippen molar-refractivity contribution < 1.29 is 17.5 Å². The highest BCUT2D eigenvalue weighted by Crippen LogP contribution is 2.07. The molecule has 0 aliphatic carbocycles. The zero-order chi connectivity index (χ0) is 9.19. The van der Waals surface area contributed by atoms with Gasteiger partial charge in [0.2, 0.25) is 0 Å². The van der Waals surface area contributed by atoms with E-state index in [-0.39, 0.29) is 5.78 Å². The normalized spacial score (nSPS) is 21.2. The molecule has 0 radical (unpaired) electrons. The molecule has 1 aliphatic rings. The summed E-state index contributed by atoms with van der Waals surface area (Å²) in [7, 11) is -3.43. The van der Waals surface area contributed by atoms with Crippen molar-refractivity contribution in [3.05, 3.63) is 0 Å². The quantitative estimate of drug-likeness (QED) is 0.594. The number of rotatable bonds is 2. The van der Waals surface area contributed by atoms with E-state index in [4.69, 9.17) is 0 Å². The van der Waals surface area contributed by atoms with Gasteiger partial charge < -0.3 is 0 Å². The van der Waals surface area contributed by atoms with Crippen LogP contribution in [0.4, 0.5) is 0 Å². The summed E-state index contributed by atoms with van der Waals surface area (Å²) in [5, 5.41) is 1.30. The number of hydrogen-bond acceptors (Lipinski definition) is 5. The molecule has 6 heteroatoms. The topological polar surface area (TPSA) is 63.7 Å². The third kappa shape index (κ3) is 3.29. The lowest BCUT2D eigenvalue weighted by Crippen LogP contribution is -2.35. The molecule has 1 aliphatic heterocycles. The van der Waals surface area contributed by atoms with E-state index in [1.807, 2.05) is 0 Å². The number of Topliss-reactive ketones (excluding diaryl/α,β-unsaturated/α-hetero) is 1. The van der Waals surface area contributed by atoms with Crippen LogP contribution in [0, 0.1) is 0 Å². The van der Waals surface area contributed by atoms with Crippen LogP contribution in [0.2, 0.25) is 0 Å². The lowest BCUT2D eigenvalue weighted by molar-refractivity contribution is -0.130. The Kier molecular flexibility index (Phi) is 2.81. The average Bonchev–Trinajstić information content (AvgIpc) is 1.91. The van der Waals surface area contributed by atoms with Crippen molar-refractivity contribution in [1.82, 2.24) is 5.06 Å². The SMILES string of the molecule is CS(=O)(=O)ON1CCC(=O)CC1. The highest BCUT2D eigenvalue weighted by molar-refractivity contribution is 7.85. The first-order chi connectivity index (χ1) is 5.47. The minimum Gasteiger partial charge on any atom is -0.300 e. The van der Waals surface area contributed by atoms with Gasteiger partial charge in [0.05, 0.1) is 6.26 Å². The summed E-state index contributed by atoms with van der Waals surface area (Å²) >= 11 is 0. The molecule has 0 unspecified atom stereocenters. The monoisotopic (exact) mass is 193 g/mol. The molecule has 0 amide bonds. The van der Waals surface area contributed by atoms with Gasteiger partial charge in [-0.05, 0) is 0 Å². The standard InChI is InChI=1S/C6H11NO4S/c1-12(9,10)11-7-4-2-6(8)3-5-7/h2-5H2,1H3. The van der Waals surface area contributed by atoms with Gasteiger partial charge in [0.15, 0.2) is 0 Å². The van der Waals surface area contributed by atoms with Crippen molar-refractivity contribution in [2.24, 2.45) is 0 Å². The summed E-state index contributed by atoms with van der Waals surface area (Å²) in [5.74, 6) is 0.156. The highest BCUT2D eigenvalue weighted by atomic mass is 32.2. The number of hydroxylamine groups is 2. The maximum absolute atomic E-state index is 10.7. The molecule has 5 nitrogen and oxygen atoms in total. The summed E-state index contributed by atoms with van der Waals surface area (Å²) in [5.41, 5.74) is 0. The van der Waals surface area contributed by atoms with E-state index in [1.165, 1.54) is 5.06 Å². The van der Waals surface area contributed by atoms with Crippen LogP contribution < -0.4 is 0 Å². The Balaban J connectivity index is 2.41. The van der Waals surface area contributed by atoms with E-state index in [0.717, 1.165) is 6.26 Å².